The van der Waals surface area contributed by atoms with Crippen LogP contribution in [-0.2, 0) is 22.7 Å². The number of hydrogen-bond donors (Lipinski definition) is 1. The van der Waals surface area contributed by atoms with Gasteiger partial charge in [0.25, 0.3) is 0 Å². The summed E-state index contributed by atoms with van der Waals surface area (Å²) in [5, 5.41) is 17.3. The number of ether oxygens (including phenoxy) is 1. The Morgan fingerprint density at radius 2 is 1.69 bits per heavy atom. The van der Waals surface area contributed by atoms with Crippen LogP contribution in [0.3, 0.4) is 0 Å². The molecule has 0 heterocycles. The predicted molar refractivity (Wildman–Crippen MR) is 84.3 cm³/mol. The number of aliphatic hydroxyl groups excluding tert-OH is 1. The van der Waals surface area contributed by atoms with E-state index in [0.29, 0.717) is 0 Å². The van der Waals surface area contributed by atoms with Crippen molar-refractivity contribution in [1.82, 2.24) is 0 Å². The van der Waals surface area contributed by atoms with E-state index in [-0.39, 0.29) is 12.3 Å². The quantitative estimate of drug-likeness (QED) is 0.340. The molecule has 0 bridgehead atoms. The molecule has 1 unspecified atom stereocenters. The third-order valence-corrected chi connectivity index (χ3v) is 4.27. The highest BCUT2D eigenvalue weighted by Gasteiger charge is 2.29. The Morgan fingerprint density at radius 1 is 1.19 bits per heavy atom. The Labute approximate surface area is 148 Å². The SMILES string of the molecule is CC(C=CC#N)C(C)(C)CC(=O)OCc1c(F)c(F)c(CO)c(F)c1F. The molecule has 0 spiro atoms. The summed E-state index contributed by atoms with van der Waals surface area (Å²) in [7, 11) is 0. The Bertz CT molecular complexity index is 725. The molecule has 1 N–H and O–H groups in total. The van der Waals surface area contributed by atoms with Crippen LogP contribution in [-0.4, -0.2) is 11.1 Å². The summed E-state index contributed by atoms with van der Waals surface area (Å²) in [4.78, 5) is 11.9. The van der Waals surface area contributed by atoms with Crippen LogP contribution in [0.4, 0.5) is 17.6 Å². The van der Waals surface area contributed by atoms with E-state index in [1.165, 1.54) is 6.08 Å². The molecule has 0 fully saturated rings. The van der Waals surface area contributed by atoms with Gasteiger partial charge in [-0.3, -0.25) is 4.79 Å². The molecule has 0 aliphatic rings. The minimum atomic E-state index is -1.73. The largest absolute Gasteiger partial charge is 0.461 e. The molecule has 0 aliphatic heterocycles. The first-order valence-electron chi connectivity index (χ1n) is 7.73. The minimum absolute atomic E-state index is 0.146. The first kappa shape index (κ1) is 21.6. The van der Waals surface area contributed by atoms with Gasteiger partial charge in [-0.05, 0) is 11.3 Å². The molecule has 0 radical (unpaired) electrons. The van der Waals surface area contributed by atoms with Crippen molar-refractivity contribution in [3.8, 4) is 6.07 Å². The molecule has 1 aromatic carbocycles. The molecule has 4 nitrogen and oxygen atoms in total. The molecule has 0 amide bonds. The van der Waals surface area contributed by atoms with Gasteiger partial charge in [0.2, 0.25) is 0 Å². The smallest absolute Gasteiger partial charge is 0.306 e. The van der Waals surface area contributed by atoms with E-state index >= 15 is 0 Å². The monoisotopic (exact) mass is 373 g/mol. The number of hydrogen-bond acceptors (Lipinski definition) is 4. The van der Waals surface area contributed by atoms with E-state index in [1.54, 1.807) is 26.8 Å². The molecule has 0 aliphatic carbocycles. The second kappa shape index (κ2) is 8.81. The van der Waals surface area contributed by atoms with Crippen molar-refractivity contribution in [3.63, 3.8) is 0 Å². The van der Waals surface area contributed by atoms with Gasteiger partial charge >= 0.3 is 5.97 Å². The molecule has 1 rings (SSSR count). The third-order valence-electron chi connectivity index (χ3n) is 4.27. The molecule has 0 aromatic heterocycles. The van der Waals surface area contributed by atoms with Crippen molar-refractivity contribution in [2.45, 2.75) is 40.4 Å². The number of allylic oxidation sites excluding steroid dienone is 2. The number of benzene rings is 1. The maximum Gasteiger partial charge on any atom is 0.306 e. The third kappa shape index (κ3) is 4.82. The lowest BCUT2D eigenvalue weighted by Crippen LogP contribution is -2.25. The number of nitriles is 1. The molecule has 0 saturated heterocycles. The van der Waals surface area contributed by atoms with Gasteiger partial charge in [-0.25, -0.2) is 17.6 Å². The standard InChI is InChI=1S/C18H19F4NO3/c1-10(5-4-6-23)18(2,3)7-13(25)26-9-12-16(21)14(19)11(8-24)15(20)17(12)22/h4-5,10,24H,7-9H2,1-3H3. The summed E-state index contributed by atoms with van der Waals surface area (Å²) in [6.07, 6.45) is 2.73. The average Bonchev–Trinajstić information content (AvgIpc) is 2.57. The molecule has 8 heteroatoms. The average molecular weight is 373 g/mol. The molecule has 0 saturated carbocycles. The number of nitrogens with zero attached hydrogens (tertiary/aromatic N) is 1. The highest BCUT2D eigenvalue weighted by atomic mass is 19.2. The van der Waals surface area contributed by atoms with Crippen LogP contribution < -0.4 is 0 Å². The first-order valence-corrected chi connectivity index (χ1v) is 7.73. The highest BCUT2D eigenvalue weighted by molar-refractivity contribution is 5.70. The molecule has 142 valence electrons. The second-order valence-electron chi connectivity index (χ2n) is 6.47. The lowest BCUT2D eigenvalue weighted by molar-refractivity contribution is -0.148. The van der Waals surface area contributed by atoms with Crippen molar-refractivity contribution in [2.75, 3.05) is 0 Å². The molecule has 1 aromatic rings. The van der Waals surface area contributed by atoms with E-state index < -0.39 is 59.0 Å². The van der Waals surface area contributed by atoms with E-state index in [1.807, 2.05) is 6.07 Å². The number of carbonyl (C=O) groups excluding carboxylic acids is 1. The zero-order chi connectivity index (χ0) is 20.1. The van der Waals surface area contributed by atoms with Crippen molar-refractivity contribution in [3.05, 3.63) is 46.5 Å². The van der Waals surface area contributed by atoms with Gasteiger partial charge in [-0.2, -0.15) is 5.26 Å². The van der Waals surface area contributed by atoms with Gasteiger partial charge in [0.15, 0.2) is 23.3 Å². The Morgan fingerprint density at radius 3 is 2.15 bits per heavy atom. The van der Waals surface area contributed by atoms with Gasteiger partial charge in [0.05, 0.1) is 30.2 Å². The van der Waals surface area contributed by atoms with Gasteiger partial charge in [0, 0.05) is 6.08 Å². The van der Waals surface area contributed by atoms with Crippen LogP contribution >= 0.6 is 0 Å². The number of halogens is 4. The van der Waals surface area contributed by atoms with Crippen LogP contribution in [0, 0.1) is 45.9 Å². The van der Waals surface area contributed by atoms with Gasteiger partial charge in [0.1, 0.15) is 6.61 Å². The van der Waals surface area contributed by atoms with Gasteiger partial charge in [-0.1, -0.05) is 26.8 Å². The van der Waals surface area contributed by atoms with E-state index in [9.17, 15) is 22.4 Å². The maximum atomic E-state index is 13.8. The predicted octanol–water partition coefficient (Wildman–Crippen LogP) is 3.91. The zero-order valence-corrected chi connectivity index (χ0v) is 14.6. The van der Waals surface area contributed by atoms with Crippen LogP contribution in [0.25, 0.3) is 0 Å². The van der Waals surface area contributed by atoms with Gasteiger partial charge in [-0.15, -0.1) is 0 Å². The van der Waals surface area contributed by atoms with Crippen LogP contribution in [0.2, 0.25) is 0 Å². The van der Waals surface area contributed by atoms with Crippen LogP contribution in [0.15, 0.2) is 12.2 Å². The lowest BCUT2D eigenvalue weighted by Gasteiger charge is -2.28. The molecular formula is C18H19F4NO3. The van der Waals surface area contributed by atoms with Crippen LogP contribution in [0.5, 0.6) is 0 Å². The number of aliphatic hydroxyl groups is 1. The van der Waals surface area contributed by atoms with Crippen molar-refractivity contribution in [1.29, 1.82) is 5.26 Å². The number of esters is 1. The number of rotatable bonds is 7. The van der Waals surface area contributed by atoms with Crippen molar-refractivity contribution >= 4 is 5.97 Å². The van der Waals surface area contributed by atoms with E-state index in [0.717, 1.165) is 0 Å². The fraction of sp³-hybridized carbons (Fsp3) is 0.444. The Balaban J connectivity index is 2.89. The molecular weight excluding hydrogens is 354 g/mol. The van der Waals surface area contributed by atoms with E-state index in [4.69, 9.17) is 15.1 Å². The normalized spacial score (nSPS) is 12.9. The summed E-state index contributed by atoms with van der Waals surface area (Å²) in [6, 6.07) is 1.83. The van der Waals surface area contributed by atoms with Crippen molar-refractivity contribution in [2.24, 2.45) is 11.3 Å². The summed E-state index contributed by atoms with van der Waals surface area (Å²) < 4.78 is 59.6. The molecule has 26 heavy (non-hydrogen) atoms. The fourth-order valence-electron chi connectivity index (χ4n) is 2.17. The topological polar surface area (TPSA) is 70.3 Å². The van der Waals surface area contributed by atoms with Gasteiger partial charge < -0.3 is 9.84 Å². The minimum Gasteiger partial charge on any atom is -0.461 e. The molecule has 1 atom stereocenters. The highest BCUT2D eigenvalue weighted by Crippen LogP contribution is 2.32. The summed E-state index contributed by atoms with van der Waals surface area (Å²) >= 11 is 0. The second-order valence-corrected chi connectivity index (χ2v) is 6.47. The Kier molecular flexibility index (Phi) is 7.33. The lowest BCUT2D eigenvalue weighted by atomic mass is 9.77. The van der Waals surface area contributed by atoms with Crippen molar-refractivity contribution < 1.29 is 32.2 Å². The van der Waals surface area contributed by atoms with Crippen LogP contribution in [0.1, 0.15) is 38.3 Å². The summed E-state index contributed by atoms with van der Waals surface area (Å²) in [5.41, 5.74) is -2.83. The maximum absolute atomic E-state index is 13.8. The fourth-order valence-corrected chi connectivity index (χ4v) is 2.17. The Hall–Kier alpha value is -2.40. The zero-order valence-electron chi connectivity index (χ0n) is 14.6. The first-order chi connectivity index (χ1) is 12.1. The summed E-state index contributed by atoms with van der Waals surface area (Å²) in [6.45, 7) is 3.04. The number of carbonyl (C=O) groups is 1. The summed E-state index contributed by atoms with van der Waals surface area (Å²) in [5.74, 6) is -7.89. The van der Waals surface area contributed by atoms with E-state index in [2.05, 4.69) is 0 Å².